The van der Waals surface area contributed by atoms with E-state index in [2.05, 4.69) is 21.2 Å². The van der Waals surface area contributed by atoms with Gasteiger partial charge in [-0.05, 0) is 64.9 Å². The van der Waals surface area contributed by atoms with Gasteiger partial charge >= 0.3 is 4.87 Å². The van der Waals surface area contributed by atoms with E-state index in [0.717, 1.165) is 32.1 Å². The summed E-state index contributed by atoms with van der Waals surface area (Å²) in [4.78, 5) is 56.3. The molecule has 3 unspecified atom stereocenters. The summed E-state index contributed by atoms with van der Waals surface area (Å²) in [6.45, 7) is -0.225. The molecule has 3 amide bonds. The molecule has 5 aromatic rings. The Morgan fingerprint density at radius 2 is 1.68 bits per heavy atom. The number of hydrogen-bond acceptors (Lipinski definition) is 7. The molecule has 7 rings (SSSR count). The molecule has 220 valence electrons. The number of rotatable bonds is 6. The first-order valence-electron chi connectivity index (χ1n) is 13.8. The SMILES string of the molecule is COc1ccc(N2C(=O)C3Sc4c(sc(=O)n4CC(=O)Nc4ccc5ccccc5c4)C(c4cccc(Br)c4)C3C2=O)cc1. The lowest BCUT2D eigenvalue weighted by Crippen LogP contribution is -2.33. The third-order valence-electron chi connectivity index (χ3n) is 7.92. The summed E-state index contributed by atoms with van der Waals surface area (Å²) < 4.78 is 7.49. The van der Waals surface area contributed by atoms with Gasteiger partial charge in [0.1, 0.15) is 17.5 Å². The van der Waals surface area contributed by atoms with Crippen molar-refractivity contribution in [2.75, 3.05) is 17.3 Å². The van der Waals surface area contributed by atoms with E-state index in [1.165, 1.54) is 21.2 Å². The molecule has 44 heavy (non-hydrogen) atoms. The number of benzene rings is 4. The molecule has 1 saturated heterocycles. The Kier molecular flexibility index (Phi) is 7.39. The second-order valence-corrected chi connectivity index (χ2v) is 13.6. The van der Waals surface area contributed by atoms with Gasteiger partial charge in [-0.3, -0.25) is 23.7 Å². The fourth-order valence-electron chi connectivity index (χ4n) is 5.91. The molecular weight excluding hydrogens is 662 g/mol. The summed E-state index contributed by atoms with van der Waals surface area (Å²) in [5, 5.41) is 4.71. The van der Waals surface area contributed by atoms with E-state index in [4.69, 9.17) is 4.74 Å². The van der Waals surface area contributed by atoms with Crippen LogP contribution in [0.5, 0.6) is 5.75 Å². The van der Waals surface area contributed by atoms with Gasteiger partial charge < -0.3 is 10.1 Å². The molecule has 1 N–H and O–H groups in total. The summed E-state index contributed by atoms with van der Waals surface area (Å²) in [7, 11) is 1.55. The number of hydrogen-bond donors (Lipinski definition) is 1. The number of thioether (sulfide) groups is 1. The Balaban J connectivity index is 1.25. The number of carbonyl (C=O) groups is 3. The zero-order valence-corrected chi connectivity index (χ0v) is 26.4. The fraction of sp³-hybridized carbons (Fsp3) is 0.152. The molecular formula is C33H24BrN3O5S2. The maximum Gasteiger partial charge on any atom is 0.308 e. The monoisotopic (exact) mass is 685 g/mol. The summed E-state index contributed by atoms with van der Waals surface area (Å²) in [6.07, 6.45) is 0. The van der Waals surface area contributed by atoms with Crippen molar-refractivity contribution in [2.24, 2.45) is 5.92 Å². The predicted octanol–water partition coefficient (Wildman–Crippen LogP) is 6.27. The molecule has 11 heteroatoms. The second kappa shape index (κ2) is 11.4. The van der Waals surface area contributed by atoms with Crippen LogP contribution in [0.4, 0.5) is 11.4 Å². The molecule has 1 fully saturated rings. The number of imide groups is 1. The summed E-state index contributed by atoms with van der Waals surface area (Å²) in [6, 6.07) is 27.9. The van der Waals surface area contributed by atoms with Gasteiger partial charge in [0.15, 0.2) is 0 Å². The molecule has 0 aliphatic carbocycles. The lowest BCUT2D eigenvalue weighted by molar-refractivity contribution is -0.122. The van der Waals surface area contributed by atoms with Crippen molar-refractivity contribution >= 4 is 78.9 Å². The minimum Gasteiger partial charge on any atom is -0.497 e. The minimum atomic E-state index is -0.773. The van der Waals surface area contributed by atoms with Gasteiger partial charge in [0, 0.05) is 21.0 Å². The molecule has 3 atom stereocenters. The molecule has 1 aromatic heterocycles. The van der Waals surface area contributed by atoms with E-state index in [-0.39, 0.29) is 29.1 Å². The number of anilines is 2. The molecule has 0 bridgehead atoms. The van der Waals surface area contributed by atoms with Crippen LogP contribution >= 0.6 is 39.0 Å². The molecule has 4 aromatic carbocycles. The van der Waals surface area contributed by atoms with Gasteiger partial charge in [0.25, 0.3) is 0 Å². The van der Waals surface area contributed by atoms with Crippen LogP contribution in [-0.2, 0) is 20.9 Å². The number of nitrogens with one attached hydrogen (secondary N) is 1. The van der Waals surface area contributed by atoms with Gasteiger partial charge in [-0.1, -0.05) is 81.5 Å². The maximum atomic E-state index is 14.1. The normalized spacial score (nSPS) is 19.1. The number of fused-ring (bicyclic) bond motifs is 3. The number of ether oxygens (including phenoxy) is 1. The molecule has 0 radical (unpaired) electrons. The quantitative estimate of drug-likeness (QED) is 0.212. The van der Waals surface area contributed by atoms with Gasteiger partial charge in [0.2, 0.25) is 17.7 Å². The van der Waals surface area contributed by atoms with Crippen molar-refractivity contribution in [3.63, 3.8) is 0 Å². The van der Waals surface area contributed by atoms with E-state index in [1.54, 1.807) is 31.4 Å². The third-order valence-corrected chi connectivity index (χ3v) is 11.0. The summed E-state index contributed by atoms with van der Waals surface area (Å²) in [5.41, 5.74) is 1.89. The first-order chi connectivity index (χ1) is 21.3. The second-order valence-electron chi connectivity index (χ2n) is 10.5. The highest BCUT2D eigenvalue weighted by Crippen LogP contribution is 2.54. The average molecular weight is 687 g/mol. The number of aromatic nitrogens is 1. The standard InChI is InChI=1S/C33H24BrN3O5S2/c1-42-24-13-11-23(12-14-24)37-30(39)27-26(20-7-4-8-21(34)15-20)29-32(43-28(27)31(37)40)36(33(41)44-29)17-25(38)35-22-10-9-18-5-2-3-6-19(18)16-22/h2-16,26-28H,17H2,1H3,(H,35,38). The highest BCUT2D eigenvalue weighted by atomic mass is 79.9. The molecule has 2 aliphatic rings. The van der Waals surface area contributed by atoms with Crippen molar-refractivity contribution in [3.05, 3.63) is 116 Å². The minimum absolute atomic E-state index is 0.225. The number of amides is 3. The van der Waals surface area contributed by atoms with Crippen molar-refractivity contribution in [2.45, 2.75) is 22.7 Å². The van der Waals surface area contributed by atoms with Crippen LogP contribution in [0.15, 0.2) is 105 Å². The lowest BCUT2D eigenvalue weighted by atomic mass is 9.83. The Hall–Kier alpha value is -4.19. The molecule has 8 nitrogen and oxygen atoms in total. The highest BCUT2D eigenvalue weighted by molar-refractivity contribution is 9.10. The lowest BCUT2D eigenvalue weighted by Gasteiger charge is -2.30. The Bertz CT molecular complexity index is 2020. The number of nitrogens with zero attached hydrogens (tertiary/aromatic N) is 2. The Morgan fingerprint density at radius 3 is 2.43 bits per heavy atom. The van der Waals surface area contributed by atoms with E-state index in [9.17, 15) is 19.2 Å². The van der Waals surface area contributed by atoms with Gasteiger partial charge in [-0.2, -0.15) is 0 Å². The number of thiazole rings is 1. The first-order valence-corrected chi connectivity index (χ1v) is 16.3. The summed E-state index contributed by atoms with van der Waals surface area (Å²) >= 11 is 5.75. The van der Waals surface area contributed by atoms with Crippen LogP contribution in [0, 0.1) is 5.92 Å². The van der Waals surface area contributed by atoms with Crippen molar-refractivity contribution in [1.29, 1.82) is 0 Å². The van der Waals surface area contributed by atoms with E-state index >= 15 is 0 Å². The Morgan fingerprint density at radius 1 is 0.909 bits per heavy atom. The van der Waals surface area contributed by atoms with Crippen LogP contribution in [0.25, 0.3) is 10.8 Å². The first kappa shape index (κ1) is 28.6. The zero-order valence-electron chi connectivity index (χ0n) is 23.2. The predicted molar refractivity (Wildman–Crippen MR) is 176 cm³/mol. The highest BCUT2D eigenvalue weighted by Gasteiger charge is 2.56. The Labute approximate surface area is 268 Å². The van der Waals surface area contributed by atoms with E-state index in [0.29, 0.717) is 27.0 Å². The third kappa shape index (κ3) is 4.94. The number of carbonyl (C=O) groups excluding carboxylic acids is 3. The zero-order chi connectivity index (χ0) is 30.5. The van der Waals surface area contributed by atoms with Gasteiger partial charge in [0.05, 0.1) is 23.7 Å². The average Bonchev–Trinajstić information content (AvgIpc) is 3.47. The van der Waals surface area contributed by atoms with Crippen LogP contribution < -0.4 is 19.8 Å². The van der Waals surface area contributed by atoms with Crippen LogP contribution in [-0.4, -0.2) is 34.6 Å². The van der Waals surface area contributed by atoms with Crippen molar-refractivity contribution in [3.8, 4) is 5.75 Å². The molecule has 2 aliphatic heterocycles. The maximum absolute atomic E-state index is 14.1. The molecule has 3 heterocycles. The van der Waals surface area contributed by atoms with Gasteiger partial charge in [-0.25, -0.2) is 4.90 Å². The summed E-state index contributed by atoms with van der Waals surface area (Å²) in [5.74, 6) is -1.70. The van der Waals surface area contributed by atoms with E-state index < -0.39 is 17.1 Å². The van der Waals surface area contributed by atoms with Crippen molar-refractivity contribution < 1.29 is 19.1 Å². The topological polar surface area (TPSA) is 97.7 Å². The fourth-order valence-corrected chi connectivity index (χ4v) is 9.10. The molecule has 0 spiro atoms. The van der Waals surface area contributed by atoms with Crippen LogP contribution in [0.3, 0.4) is 0 Å². The van der Waals surface area contributed by atoms with Gasteiger partial charge in [-0.15, -0.1) is 0 Å². The number of halogens is 1. The van der Waals surface area contributed by atoms with Crippen LogP contribution in [0.2, 0.25) is 0 Å². The van der Waals surface area contributed by atoms with E-state index in [1.807, 2.05) is 66.7 Å². The number of methoxy groups -OCH3 is 1. The molecule has 0 saturated carbocycles. The smallest absolute Gasteiger partial charge is 0.308 e. The largest absolute Gasteiger partial charge is 0.497 e. The van der Waals surface area contributed by atoms with Crippen LogP contribution in [0.1, 0.15) is 16.4 Å². The van der Waals surface area contributed by atoms with Crippen molar-refractivity contribution in [1.82, 2.24) is 4.57 Å².